The van der Waals surface area contributed by atoms with Crippen molar-refractivity contribution in [2.45, 2.75) is 48.1 Å². The lowest BCUT2D eigenvalue weighted by molar-refractivity contribution is -0.154. The topological polar surface area (TPSA) is 96.4 Å². The van der Waals surface area contributed by atoms with Crippen LogP contribution in [0.3, 0.4) is 0 Å². The third-order valence-corrected chi connectivity index (χ3v) is 9.57. The standard InChI is InChI=1S/C28H36N2O6S/c1-4-6-7-18-36-27(34)22-21-13-14-28(37-21)23(22)25(32)30(16-8-17-31)24(28)26(33)29(15-5-2)19-9-11-20(35-3)12-10-19/h4-5,9-12,21-24,31H,1-2,6-8,13-18H2,3H3/t21-,22+,23+,24?,28?/m1/s1. The largest absolute Gasteiger partial charge is 0.497 e. The quantitative estimate of drug-likeness (QED) is 0.239. The minimum atomic E-state index is -0.743. The molecule has 1 N–H and O–H groups in total. The molecule has 3 saturated heterocycles. The van der Waals surface area contributed by atoms with Gasteiger partial charge in [0.1, 0.15) is 11.8 Å². The zero-order valence-electron chi connectivity index (χ0n) is 21.3. The van der Waals surface area contributed by atoms with Crippen LogP contribution in [0.25, 0.3) is 0 Å². The highest BCUT2D eigenvalue weighted by Gasteiger charge is 2.74. The van der Waals surface area contributed by atoms with Crippen LogP contribution in [-0.2, 0) is 19.1 Å². The smallest absolute Gasteiger partial charge is 0.310 e. The zero-order valence-corrected chi connectivity index (χ0v) is 22.2. The van der Waals surface area contributed by atoms with E-state index >= 15 is 0 Å². The molecule has 1 spiro atoms. The molecular formula is C28H36N2O6S. The van der Waals surface area contributed by atoms with E-state index in [2.05, 4.69) is 13.2 Å². The highest BCUT2D eigenvalue weighted by atomic mass is 32.2. The number of amides is 2. The number of hydrogen-bond acceptors (Lipinski definition) is 7. The molecule has 1 aromatic rings. The summed E-state index contributed by atoms with van der Waals surface area (Å²) in [5.74, 6) is -1.26. The second-order valence-electron chi connectivity index (χ2n) is 9.70. The monoisotopic (exact) mass is 528 g/mol. The molecule has 37 heavy (non-hydrogen) atoms. The number of thioether (sulfide) groups is 1. The Bertz CT molecular complexity index is 1030. The van der Waals surface area contributed by atoms with Crippen LogP contribution < -0.4 is 9.64 Å². The van der Waals surface area contributed by atoms with E-state index in [0.29, 0.717) is 30.7 Å². The molecule has 0 radical (unpaired) electrons. The third kappa shape index (κ3) is 4.91. The Morgan fingerprint density at radius 1 is 1.24 bits per heavy atom. The number of methoxy groups -OCH3 is 1. The number of aliphatic hydroxyl groups is 1. The van der Waals surface area contributed by atoms with Gasteiger partial charge in [-0.15, -0.1) is 24.9 Å². The summed E-state index contributed by atoms with van der Waals surface area (Å²) in [5.41, 5.74) is 0.677. The lowest BCUT2D eigenvalue weighted by Crippen LogP contribution is -2.55. The van der Waals surface area contributed by atoms with Crippen LogP contribution in [0.15, 0.2) is 49.6 Å². The van der Waals surface area contributed by atoms with Gasteiger partial charge in [0.05, 0.1) is 30.3 Å². The van der Waals surface area contributed by atoms with Crippen LogP contribution in [0.5, 0.6) is 5.75 Å². The van der Waals surface area contributed by atoms with Gasteiger partial charge in [-0.1, -0.05) is 12.2 Å². The summed E-state index contributed by atoms with van der Waals surface area (Å²) in [5, 5.41) is 9.48. The van der Waals surface area contributed by atoms with Gasteiger partial charge in [-0.25, -0.2) is 0 Å². The number of likely N-dealkylation sites (tertiary alicyclic amines) is 1. The fourth-order valence-electron chi connectivity index (χ4n) is 6.04. The fraction of sp³-hybridized carbons (Fsp3) is 0.536. The van der Waals surface area contributed by atoms with E-state index in [1.54, 1.807) is 53.0 Å². The van der Waals surface area contributed by atoms with Crippen LogP contribution in [0, 0.1) is 11.8 Å². The molecule has 1 aromatic carbocycles. The summed E-state index contributed by atoms with van der Waals surface area (Å²) >= 11 is 1.61. The van der Waals surface area contributed by atoms with Crippen molar-refractivity contribution in [3.05, 3.63) is 49.6 Å². The van der Waals surface area contributed by atoms with E-state index in [0.717, 1.165) is 12.8 Å². The summed E-state index contributed by atoms with van der Waals surface area (Å²) in [4.78, 5) is 44.6. The van der Waals surface area contributed by atoms with Gasteiger partial charge >= 0.3 is 5.97 Å². The molecule has 5 atom stereocenters. The summed E-state index contributed by atoms with van der Waals surface area (Å²) in [6, 6.07) is 6.46. The van der Waals surface area contributed by atoms with E-state index < -0.39 is 22.6 Å². The molecule has 9 heteroatoms. The van der Waals surface area contributed by atoms with Crippen LogP contribution in [0.2, 0.25) is 0 Å². The molecule has 2 amide bonds. The summed E-state index contributed by atoms with van der Waals surface area (Å²) in [6.45, 7) is 8.24. The van der Waals surface area contributed by atoms with Gasteiger partial charge in [0.15, 0.2) is 0 Å². The Hall–Kier alpha value is -2.78. The van der Waals surface area contributed by atoms with Crippen molar-refractivity contribution in [1.29, 1.82) is 0 Å². The van der Waals surface area contributed by atoms with E-state index in [9.17, 15) is 19.5 Å². The van der Waals surface area contributed by atoms with Crippen LogP contribution in [0.4, 0.5) is 5.69 Å². The average Bonchev–Trinajstić information content (AvgIpc) is 3.55. The molecule has 2 unspecified atom stereocenters. The number of ether oxygens (including phenoxy) is 2. The Balaban J connectivity index is 1.67. The van der Waals surface area contributed by atoms with E-state index in [4.69, 9.17) is 9.47 Å². The Kier molecular flexibility index (Phi) is 8.64. The zero-order chi connectivity index (χ0) is 26.6. The maximum atomic E-state index is 14.3. The molecule has 3 aliphatic rings. The highest BCUT2D eigenvalue weighted by molar-refractivity contribution is 8.02. The van der Waals surface area contributed by atoms with Gasteiger partial charge in [0.25, 0.3) is 5.91 Å². The molecule has 200 valence electrons. The number of carbonyl (C=O) groups is 3. The lowest BCUT2D eigenvalue weighted by atomic mass is 9.71. The number of anilines is 1. The average molecular weight is 529 g/mol. The van der Waals surface area contributed by atoms with Crippen molar-refractivity contribution in [2.75, 3.05) is 38.3 Å². The first kappa shape index (κ1) is 27.3. The van der Waals surface area contributed by atoms with Gasteiger partial charge in [0, 0.05) is 30.6 Å². The number of allylic oxidation sites excluding steroid dienone is 1. The Morgan fingerprint density at radius 3 is 2.65 bits per heavy atom. The van der Waals surface area contributed by atoms with Gasteiger partial charge in [-0.05, 0) is 56.4 Å². The molecule has 3 fully saturated rings. The number of hydrogen-bond donors (Lipinski definition) is 1. The first-order valence-corrected chi connectivity index (χ1v) is 13.7. The molecule has 3 heterocycles. The van der Waals surface area contributed by atoms with Crippen molar-refractivity contribution in [2.24, 2.45) is 11.8 Å². The van der Waals surface area contributed by atoms with E-state index in [1.807, 2.05) is 12.1 Å². The maximum absolute atomic E-state index is 14.3. The molecule has 3 aliphatic heterocycles. The lowest BCUT2D eigenvalue weighted by Gasteiger charge is -2.37. The number of benzene rings is 1. The third-order valence-electron chi connectivity index (χ3n) is 7.62. The number of aliphatic hydroxyl groups excluding tert-OH is 1. The minimum Gasteiger partial charge on any atom is -0.497 e. The number of fused-ring (bicyclic) bond motifs is 1. The van der Waals surface area contributed by atoms with Crippen molar-refractivity contribution in [3.8, 4) is 5.75 Å². The highest BCUT2D eigenvalue weighted by Crippen LogP contribution is 2.66. The van der Waals surface area contributed by atoms with Crippen molar-refractivity contribution < 1.29 is 29.0 Å². The normalized spacial score (nSPS) is 27.6. The molecule has 0 aromatic heterocycles. The minimum absolute atomic E-state index is 0.0509. The number of rotatable bonds is 13. The van der Waals surface area contributed by atoms with Gasteiger partial charge in [-0.3, -0.25) is 14.4 Å². The van der Waals surface area contributed by atoms with Crippen molar-refractivity contribution in [1.82, 2.24) is 4.90 Å². The molecule has 0 aliphatic carbocycles. The van der Waals surface area contributed by atoms with Crippen LogP contribution in [0.1, 0.15) is 32.1 Å². The number of carbonyl (C=O) groups excluding carboxylic acids is 3. The van der Waals surface area contributed by atoms with Crippen LogP contribution >= 0.6 is 11.8 Å². The number of nitrogens with zero attached hydrogens (tertiary/aromatic N) is 2. The number of unbranched alkanes of at least 4 members (excludes halogenated alkanes) is 1. The summed E-state index contributed by atoms with van der Waals surface area (Å²) < 4.78 is 10.2. The molecule has 0 saturated carbocycles. The van der Waals surface area contributed by atoms with E-state index in [1.165, 1.54) is 0 Å². The second-order valence-corrected chi connectivity index (χ2v) is 11.3. The summed E-state index contributed by atoms with van der Waals surface area (Å²) in [7, 11) is 1.58. The van der Waals surface area contributed by atoms with Crippen LogP contribution in [-0.4, -0.2) is 77.2 Å². The van der Waals surface area contributed by atoms with Gasteiger partial charge in [0.2, 0.25) is 5.91 Å². The molecule has 4 rings (SSSR count). The fourth-order valence-corrected chi connectivity index (χ4v) is 8.24. The van der Waals surface area contributed by atoms with Gasteiger partial charge < -0.3 is 24.4 Å². The predicted molar refractivity (Wildman–Crippen MR) is 143 cm³/mol. The summed E-state index contributed by atoms with van der Waals surface area (Å²) in [6.07, 6.45) is 6.66. The molecule has 8 nitrogen and oxygen atoms in total. The first-order valence-electron chi connectivity index (χ1n) is 12.9. The molecule has 2 bridgehead atoms. The van der Waals surface area contributed by atoms with E-state index in [-0.39, 0.29) is 49.3 Å². The van der Waals surface area contributed by atoms with Crippen molar-refractivity contribution in [3.63, 3.8) is 0 Å². The second kappa shape index (κ2) is 11.7. The Labute approximate surface area is 222 Å². The SMILES string of the molecule is C=CCCCOC(=O)[C@@H]1[C@H]2C(=O)N(CCCO)C(C(=O)N(CC=C)c3ccc(OC)cc3)C23CC[C@H]1S3. The van der Waals surface area contributed by atoms with Crippen molar-refractivity contribution >= 4 is 35.2 Å². The Morgan fingerprint density at radius 2 is 2.00 bits per heavy atom. The maximum Gasteiger partial charge on any atom is 0.310 e. The molecular weight excluding hydrogens is 492 g/mol. The predicted octanol–water partition coefficient (Wildman–Crippen LogP) is 3.20. The van der Waals surface area contributed by atoms with Gasteiger partial charge in [-0.2, -0.15) is 0 Å². The first-order chi connectivity index (χ1) is 17.9. The number of esters is 1.